The number of thioether (sulfide) groups is 1. The zero-order valence-corrected chi connectivity index (χ0v) is 14.4. The lowest BCUT2D eigenvalue weighted by molar-refractivity contribution is -0.115. The smallest absolute Gasteiger partial charge is 0.322 e. The molecule has 1 rings (SSSR count). The third-order valence-electron chi connectivity index (χ3n) is 3.56. The van der Waals surface area contributed by atoms with Gasteiger partial charge in [-0.25, -0.2) is 4.79 Å². The monoisotopic (exact) mass is 323 g/mol. The maximum absolute atomic E-state index is 12.5. The van der Waals surface area contributed by atoms with Crippen LogP contribution in [0.2, 0.25) is 0 Å². The van der Waals surface area contributed by atoms with Crippen LogP contribution in [0.3, 0.4) is 0 Å². The molecule has 5 nitrogen and oxygen atoms in total. The highest BCUT2D eigenvalue weighted by Gasteiger charge is 2.21. The first kappa shape index (κ1) is 18.4. The Morgan fingerprint density at radius 2 is 1.91 bits per heavy atom. The Kier molecular flexibility index (Phi) is 7.24. The van der Waals surface area contributed by atoms with Crippen molar-refractivity contribution in [3.63, 3.8) is 0 Å². The minimum Gasteiger partial charge on any atom is -0.369 e. The van der Waals surface area contributed by atoms with Crippen molar-refractivity contribution >= 4 is 29.4 Å². The number of benzene rings is 1. The molecule has 1 atom stereocenters. The predicted octanol–water partition coefficient (Wildman–Crippen LogP) is 3.16. The Balaban J connectivity index is 2.84. The van der Waals surface area contributed by atoms with Gasteiger partial charge < -0.3 is 16.0 Å². The second-order valence-corrected chi connectivity index (χ2v) is 6.47. The summed E-state index contributed by atoms with van der Waals surface area (Å²) in [6.07, 6.45) is 0. The molecular weight excluding hydrogens is 298 g/mol. The molecule has 1 aromatic carbocycles. The van der Waals surface area contributed by atoms with Crippen molar-refractivity contribution in [2.75, 3.05) is 17.6 Å². The van der Waals surface area contributed by atoms with Crippen LogP contribution < -0.4 is 11.1 Å². The molecule has 0 heterocycles. The van der Waals surface area contributed by atoms with Crippen LogP contribution in [0.15, 0.2) is 29.2 Å². The SMILES string of the molecule is CCN(C(=O)Nc1ccccc1SCC(N)=O)[C@@H](C)C(C)C. The number of urea groups is 1. The van der Waals surface area contributed by atoms with Crippen molar-refractivity contribution in [2.24, 2.45) is 11.7 Å². The second kappa shape index (κ2) is 8.68. The number of para-hydroxylation sites is 1. The van der Waals surface area contributed by atoms with Crippen LogP contribution in [0.4, 0.5) is 10.5 Å². The summed E-state index contributed by atoms with van der Waals surface area (Å²) < 4.78 is 0. The van der Waals surface area contributed by atoms with Gasteiger partial charge in [-0.2, -0.15) is 0 Å². The van der Waals surface area contributed by atoms with Gasteiger partial charge in [-0.15, -0.1) is 11.8 Å². The summed E-state index contributed by atoms with van der Waals surface area (Å²) in [5.41, 5.74) is 5.88. The highest BCUT2D eigenvalue weighted by Crippen LogP contribution is 2.27. The molecule has 122 valence electrons. The lowest BCUT2D eigenvalue weighted by Gasteiger charge is -2.31. The van der Waals surface area contributed by atoms with E-state index >= 15 is 0 Å². The highest BCUT2D eigenvalue weighted by molar-refractivity contribution is 8.00. The van der Waals surface area contributed by atoms with E-state index in [1.54, 1.807) is 4.90 Å². The molecule has 1 aromatic rings. The summed E-state index contributed by atoms with van der Waals surface area (Å²) in [6.45, 7) is 8.84. The number of hydrogen-bond acceptors (Lipinski definition) is 3. The number of anilines is 1. The first-order chi connectivity index (χ1) is 10.4. The van der Waals surface area contributed by atoms with E-state index in [0.717, 1.165) is 4.90 Å². The van der Waals surface area contributed by atoms with E-state index in [4.69, 9.17) is 5.73 Å². The van der Waals surface area contributed by atoms with Crippen LogP contribution in [0.1, 0.15) is 27.7 Å². The predicted molar refractivity (Wildman–Crippen MR) is 92.1 cm³/mol. The lowest BCUT2D eigenvalue weighted by atomic mass is 10.1. The number of carbonyl (C=O) groups is 2. The van der Waals surface area contributed by atoms with Gasteiger partial charge >= 0.3 is 6.03 Å². The van der Waals surface area contributed by atoms with Gasteiger partial charge in [0.1, 0.15) is 0 Å². The Bertz CT molecular complexity index is 520. The summed E-state index contributed by atoms with van der Waals surface area (Å²) >= 11 is 1.32. The van der Waals surface area contributed by atoms with Crippen molar-refractivity contribution in [3.8, 4) is 0 Å². The lowest BCUT2D eigenvalue weighted by Crippen LogP contribution is -2.43. The molecule has 0 unspecified atom stereocenters. The minimum absolute atomic E-state index is 0.129. The Hall–Kier alpha value is -1.69. The number of nitrogens with two attached hydrogens (primary N) is 1. The first-order valence-electron chi connectivity index (χ1n) is 7.44. The molecule has 0 spiro atoms. The van der Waals surface area contributed by atoms with Gasteiger partial charge in [-0.05, 0) is 31.9 Å². The summed E-state index contributed by atoms with van der Waals surface area (Å²) in [5, 5.41) is 2.94. The first-order valence-corrected chi connectivity index (χ1v) is 8.43. The molecule has 0 aromatic heterocycles. The number of amides is 3. The van der Waals surface area contributed by atoms with Gasteiger partial charge in [-0.3, -0.25) is 4.79 Å². The van der Waals surface area contributed by atoms with Crippen molar-refractivity contribution in [2.45, 2.75) is 38.6 Å². The molecule has 0 radical (unpaired) electrons. The van der Waals surface area contributed by atoms with Gasteiger partial charge in [0, 0.05) is 17.5 Å². The third kappa shape index (κ3) is 5.26. The fraction of sp³-hybridized carbons (Fsp3) is 0.500. The van der Waals surface area contributed by atoms with Crippen molar-refractivity contribution < 1.29 is 9.59 Å². The number of nitrogens with one attached hydrogen (secondary N) is 1. The van der Waals surface area contributed by atoms with Crippen molar-refractivity contribution in [1.29, 1.82) is 0 Å². The Labute approximate surface area is 136 Å². The number of carbonyl (C=O) groups excluding carboxylic acids is 2. The maximum Gasteiger partial charge on any atom is 0.322 e. The summed E-state index contributed by atoms with van der Waals surface area (Å²) in [7, 11) is 0. The highest BCUT2D eigenvalue weighted by atomic mass is 32.2. The van der Waals surface area contributed by atoms with E-state index in [1.807, 2.05) is 38.1 Å². The van der Waals surface area contributed by atoms with Crippen LogP contribution in [-0.4, -0.2) is 35.2 Å². The molecule has 0 fully saturated rings. The van der Waals surface area contributed by atoms with E-state index in [1.165, 1.54) is 11.8 Å². The Morgan fingerprint density at radius 3 is 2.45 bits per heavy atom. The molecule has 0 aliphatic rings. The molecule has 0 aliphatic carbocycles. The van der Waals surface area contributed by atoms with Gasteiger partial charge in [0.2, 0.25) is 5.91 Å². The maximum atomic E-state index is 12.5. The summed E-state index contributed by atoms with van der Waals surface area (Å²) in [5.74, 6) is 0.187. The number of rotatable bonds is 7. The minimum atomic E-state index is -0.380. The van der Waals surface area contributed by atoms with E-state index in [2.05, 4.69) is 19.2 Å². The zero-order valence-electron chi connectivity index (χ0n) is 13.6. The molecule has 0 bridgehead atoms. The molecule has 22 heavy (non-hydrogen) atoms. The largest absolute Gasteiger partial charge is 0.369 e. The molecule has 3 N–H and O–H groups in total. The molecule has 0 saturated heterocycles. The van der Waals surface area contributed by atoms with Crippen molar-refractivity contribution in [3.05, 3.63) is 24.3 Å². The standard InChI is InChI=1S/C16H25N3O2S/c1-5-19(12(4)11(2)3)16(21)18-13-8-6-7-9-14(13)22-10-15(17)20/h6-9,11-12H,5,10H2,1-4H3,(H2,17,20)(H,18,21)/t12-/m0/s1. The van der Waals surface area contributed by atoms with Crippen LogP contribution >= 0.6 is 11.8 Å². The van der Waals surface area contributed by atoms with Crippen LogP contribution in [0.5, 0.6) is 0 Å². The van der Waals surface area contributed by atoms with Crippen LogP contribution in [0, 0.1) is 5.92 Å². The van der Waals surface area contributed by atoms with Gasteiger partial charge in [0.15, 0.2) is 0 Å². The zero-order chi connectivity index (χ0) is 16.7. The average Bonchev–Trinajstić information content (AvgIpc) is 2.46. The fourth-order valence-electron chi connectivity index (χ4n) is 2.01. The number of hydrogen-bond donors (Lipinski definition) is 2. The molecule has 6 heteroatoms. The average molecular weight is 323 g/mol. The topological polar surface area (TPSA) is 75.4 Å². The molecule has 0 aliphatic heterocycles. The van der Waals surface area contributed by atoms with Gasteiger partial charge in [0.05, 0.1) is 11.4 Å². The molecule has 3 amide bonds. The molecule has 0 saturated carbocycles. The number of nitrogens with zero attached hydrogens (tertiary/aromatic N) is 1. The van der Waals surface area contributed by atoms with Crippen LogP contribution in [0.25, 0.3) is 0 Å². The fourth-order valence-corrected chi connectivity index (χ4v) is 2.76. The van der Waals surface area contributed by atoms with E-state index in [9.17, 15) is 9.59 Å². The van der Waals surface area contributed by atoms with Crippen LogP contribution in [-0.2, 0) is 4.79 Å². The van der Waals surface area contributed by atoms with Gasteiger partial charge in [-0.1, -0.05) is 26.0 Å². The van der Waals surface area contributed by atoms with E-state index in [-0.39, 0.29) is 23.7 Å². The second-order valence-electron chi connectivity index (χ2n) is 5.45. The summed E-state index contributed by atoms with van der Waals surface area (Å²) in [6, 6.07) is 7.44. The third-order valence-corrected chi connectivity index (χ3v) is 4.65. The van der Waals surface area contributed by atoms with E-state index in [0.29, 0.717) is 18.2 Å². The quantitative estimate of drug-likeness (QED) is 0.757. The molecular formula is C16H25N3O2S. The normalized spacial score (nSPS) is 12.0. The van der Waals surface area contributed by atoms with E-state index < -0.39 is 0 Å². The summed E-state index contributed by atoms with van der Waals surface area (Å²) in [4.78, 5) is 26.1. The van der Waals surface area contributed by atoms with Gasteiger partial charge in [0.25, 0.3) is 0 Å². The van der Waals surface area contributed by atoms with Crippen molar-refractivity contribution in [1.82, 2.24) is 4.90 Å². The number of primary amides is 1. The Morgan fingerprint density at radius 1 is 1.27 bits per heavy atom.